The lowest BCUT2D eigenvalue weighted by molar-refractivity contribution is 0.137. The number of nitrogens with zero attached hydrogens (tertiary/aromatic N) is 1. The molecular formula is C21H31N3. The van der Waals surface area contributed by atoms with Crippen LogP contribution in [0.1, 0.15) is 43.6 Å². The van der Waals surface area contributed by atoms with Crippen molar-refractivity contribution in [3.8, 4) is 0 Å². The minimum Gasteiger partial charge on any atom is -0.303 e. The summed E-state index contributed by atoms with van der Waals surface area (Å²) in [7, 11) is 0. The normalized spacial score (nSPS) is 32.2. The Balaban J connectivity index is 1.31. The first-order valence-electron chi connectivity index (χ1n) is 9.81. The van der Waals surface area contributed by atoms with Crippen molar-refractivity contribution in [3.63, 3.8) is 0 Å². The van der Waals surface area contributed by atoms with Gasteiger partial charge in [0.05, 0.1) is 0 Å². The minimum atomic E-state index is 0.590. The van der Waals surface area contributed by atoms with E-state index in [1.165, 1.54) is 57.3 Å². The standard InChI is InChI=1S/C21H31N3/c1-3-7-17(8-4-1)16-24-13-11-19(12-14-24)21-20(15-22-23-21)18-9-5-2-6-10-18/h1-3,5-6,9-10,17,19-23H,4,7-8,11-16H2. The van der Waals surface area contributed by atoms with Crippen LogP contribution in [-0.2, 0) is 0 Å². The van der Waals surface area contributed by atoms with Crippen LogP contribution in [-0.4, -0.2) is 37.1 Å². The largest absolute Gasteiger partial charge is 0.303 e. The lowest BCUT2D eigenvalue weighted by Gasteiger charge is -2.38. The van der Waals surface area contributed by atoms with Crippen molar-refractivity contribution in [1.29, 1.82) is 0 Å². The van der Waals surface area contributed by atoms with Crippen LogP contribution in [0.15, 0.2) is 42.5 Å². The molecule has 2 N–H and O–H groups in total. The average molecular weight is 326 g/mol. The molecule has 0 aromatic heterocycles. The lowest BCUT2D eigenvalue weighted by Crippen LogP contribution is -2.45. The van der Waals surface area contributed by atoms with Crippen LogP contribution in [0.5, 0.6) is 0 Å². The first kappa shape index (κ1) is 16.3. The molecule has 1 aromatic rings. The van der Waals surface area contributed by atoms with E-state index in [9.17, 15) is 0 Å². The zero-order valence-corrected chi connectivity index (χ0v) is 14.7. The quantitative estimate of drug-likeness (QED) is 0.832. The van der Waals surface area contributed by atoms with Gasteiger partial charge in [0.2, 0.25) is 0 Å². The molecule has 2 fully saturated rings. The second-order valence-corrected chi connectivity index (χ2v) is 7.86. The smallest absolute Gasteiger partial charge is 0.0323 e. The van der Waals surface area contributed by atoms with Crippen molar-refractivity contribution in [2.24, 2.45) is 11.8 Å². The first-order chi connectivity index (χ1) is 11.9. The third kappa shape index (κ3) is 3.74. The van der Waals surface area contributed by atoms with Gasteiger partial charge in [-0.25, -0.2) is 0 Å². The third-order valence-electron chi connectivity index (χ3n) is 6.29. The van der Waals surface area contributed by atoms with Gasteiger partial charge < -0.3 is 4.90 Å². The Labute approximate surface area is 146 Å². The van der Waals surface area contributed by atoms with E-state index >= 15 is 0 Å². The van der Waals surface area contributed by atoms with Crippen LogP contribution < -0.4 is 10.9 Å². The average Bonchev–Trinajstić information content (AvgIpc) is 3.14. The molecule has 0 spiro atoms. The number of hydrogen-bond donors (Lipinski definition) is 2. The van der Waals surface area contributed by atoms with Gasteiger partial charge in [0, 0.05) is 25.0 Å². The van der Waals surface area contributed by atoms with E-state index in [-0.39, 0.29) is 0 Å². The minimum absolute atomic E-state index is 0.590. The number of piperidine rings is 1. The zero-order valence-electron chi connectivity index (χ0n) is 14.7. The maximum absolute atomic E-state index is 3.59. The highest BCUT2D eigenvalue weighted by atomic mass is 15.4. The fourth-order valence-electron chi connectivity index (χ4n) is 4.87. The van der Waals surface area contributed by atoms with Crippen molar-refractivity contribution in [3.05, 3.63) is 48.0 Å². The molecule has 24 heavy (non-hydrogen) atoms. The summed E-state index contributed by atoms with van der Waals surface area (Å²) in [6, 6.07) is 11.6. The summed E-state index contributed by atoms with van der Waals surface area (Å²) in [6.07, 6.45) is 11.4. The molecule has 3 unspecified atom stereocenters. The van der Waals surface area contributed by atoms with Crippen LogP contribution in [0, 0.1) is 11.8 Å². The van der Waals surface area contributed by atoms with Crippen LogP contribution in [0.2, 0.25) is 0 Å². The number of nitrogens with one attached hydrogen (secondary N) is 2. The number of hydrogen-bond acceptors (Lipinski definition) is 3. The fraction of sp³-hybridized carbons (Fsp3) is 0.619. The molecule has 2 heterocycles. The first-order valence-corrected chi connectivity index (χ1v) is 9.81. The number of rotatable bonds is 4. The Morgan fingerprint density at radius 3 is 2.58 bits per heavy atom. The highest BCUT2D eigenvalue weighted by molar-refractivity contribution is 5.23. The lowest BCUT2D eigenvalue weighted by atomic mass is 9.80. The maximum atomic E-state index is 3.59. The van der Waals surface area contributed by atoms with Gasteiger partial charge in [-0.3, -0.25) is 10.9 Å². The van der Waals surface area contributed by atoms with Gasteiger partial charge in [0.25, 0.3) is 0 Å². The molecule has 0 saturated carbocycles. The maximum Gasteiger partial charge on any atom is 0.0323 e. The SMILES string of the molecule is C1=CCC(CN2CCC(C3NNCC3c3ccccc3)CC2)CC1. The van der Waals surface area contributed by atoms with Crippen molar-refractivity contribution in [1.82, 2.24) is 15.8 Å². The topological polar surface area (TPSA) is 27.3 Å². The van der Waals surface area contributed by atoms with Gasteiger partial charge in [-0.1, -0.05) is 42.5 Å². The molecule has 1 aromatic carbocycles. The summed E-state index contributed by atoms with van der Waals surface area (Å²) in [4.78, 5) is 2.72. The summed E-state index contributed by atoms with van der Waals surface area (Å²) in [6.45, 7) is 4.94. The summed E-state index contributed by atoms with van der Waals surface area (Å²) in [5, 5.41) is 0. The van der Waals surface area contributed by atoms with E-state index in [0.717, 1.165) is 18.4 Å². The Bertz CT molecular complexity index is 533. The Morgan fingerprint density at radius 2 is 1.83 bits per heavy atom. The summed E-state index contributed by atoms with van der Waals surface area (Å²) < 4.78 is 0. The second kappa shape index (κ2) is 7.81. The molecule has 3 heteroatoms. The number of allylic oxidation sites excluding steroid dienone is 2. The zero-order chi connectivity index (χ0) is 16.2. The third-order valence-corrected chi connectivity index (χ3v) is 6.29. The van der Waals surface area contributed by atoms with Gasteiger partial charge in [-0.05, 0) is 62.6 Å². The van der Waals surface area contributed by atoms with E-state index in [1.54, 1.807) is 0 Å². The van der Waals surface area contributed by atoms with Gasteiger partial charge in [0.1, 0.15) is 0 Å². The Kier molecular flexibility index (Phi) is 5.31. The molecule has 3 atom stereocenters. The van der Waals surface area contributed by atoms with E-state index in [4.69, 9.17) is 0 Å². The molecule has 0 radical (unpaired) electrons. The van der Waals surface area contributed by atoms with Gasteiger partial charge in [-0.2, -0.15) is 0 Å². The van der Waals surface area contributed by atoms with Gasteiger partial charge in [-0.15, -0.1) is 0 Å². The fourth-order valence-corrected chi connectivity index (χ4v) is 4.87. The molecular weight excluding hydrogens is 294 g/mol. The number of hydrazine groups is 1. The molecule has 0 amide bonds. The summed E-state index contributed by atoms with van der Waals surface area (Å²) in [5.41, 5.74) is 8.50. The van der Waals surface area contributed by atoms with Crippen molar-refractivity contribution >= 4 is 0 Å². The molecule has 2 aliphatic heterocycles. The Hall–Kier alpha value is -1.16. The highest BCUT2D eigenvalue weighted by Gasteiger charge is 2.36. The van der Waals surface area contributed by atoms with E-state index in [0.29, 0.717) is 12.0 Å². The summed E-state index contributed by atoms with van der Waals surface area (Å²) in [5.74, 6) is 2.31. The molecule has 0 bridgehead atoms. The van der Waals surface area contributed by atoms with Crippen LogP contribution in [0.3, 0.4) is 0 Å². The molecule has 1 aliphatic carbocycles. The van der Waals surface area contributed by atoms with E-state index in [1.807, 2.05) is 0 Å². The highest BCUT2D eigenvalue weighted by Crippen LogP contribution is 2.32. The molecule has 2 saturated heterocycles. The van der Waals surface area contributed by atoms with Crippen LogP contribution in [0.4, 0.5) is 0 Å². The predicted molar refractivity (Wildman–Crippen MR) is 99.8 cm³/mol. The van der Waals surface area contributed by atoms with Crippen molar-refractivity contribution < 1.29 is 0 Å². The molecule has 3 nitrogen and oxygen atoms in total. The molecule has 4 rings (SSSR count). The summed E-state index contributed by atoms with van der Waals surface area (Å²) >= 11 is 0. The number of likely N-dealkylation sites (tertiary alicyclic amines) is 1. The van der Waals surface area contributed by atoms with Crippen molar-refractivity contribution in [2.75, 3.05) is 26.2 Å². The Morgan fingerprint density at radius 1 is 1.00 bits per heavy atom. The van der Waals surface area contributed by atoms with Crippen molar-refractivity contribution in [2.45, 2.75) is 44.1 Å². The second-order valence-electron chi connectivity index (χ2n) is 7.86. The van der Waals surface area contributed by atoms with E-state index in [2.05, 4.69) is 58.2 Å². The van der Waals surface area contributed by atoms with Gasteiger partial charge in [0.15, 0.2) is 0 Å². The molecule has 130 valence electrons. The van der Waals surface area contributed by atoms with E-state index < -0.39 is 0 Å². The molecule has 3 aliphatic rings. The predicted octanol–water partition coefficient (Wildman–Crippen LogP) is 3.31. The van der Waals surface area contributed by atoms with Gasteiger partial charge >= 0.3 is 0 Å². The number of benzene rings is 1. The van der Waals surface area contributed by atoms with Crippen LogP contribution in [0.25, 0.3) is 0 Å². The van der Waals surface area contributed by atoms with Crippen LogP contribution >= 0.6 is 0 Å². The monoisotopic (exact) mass is 325 g/mol.